The van der Waals surface area contributed by atoms with Crippen LogP contribution in [-0.2, 0) is 11.3 Å². The van der Waals surface area contributed by atoms with Crippen molar-refractivity contribution in [3.63, 3.8) is 0 Å². The quantitative estimate of drug-likeness (QED) is 0.747. The lowest BCUT2D eigenvalue weighted by Crippen LogP contribution is -2.40. The van der Waals surface area contributed by atoms with E-state index in [0.29, 0.717) is 24.5 Å². The normalized spacial score (nSPS) is 17.8. The van der Waals surface area contributed by atoms with Gasteiger partial charge in [-0.1, -0.05) is 41.9 Å². The van der Waals surface area contributed by atoms with Crippen molar-refractivity contribution < 1.29 is 15.0 Å². The molecule has 0 bridgehead atoms. The summed E-state index contributed by atoms with van der Waals surface area (Å²) < 4.78 is 0. The second kappa shape index (κ2) is 8.95. The van der Waals surface area contributed by atoms with Crippen molar-refractivity contribution in [1.29, 1.82) is 0 Å². The number of likely N-dealkylation sites (tertiary alicyclic amines) is 1. The molecule has 150 valence electrons. The van der Waals surface area contributed by atoms with Crippen molar-refractivity contribution in [2.45, 2.75) is 39.0 Å². The molecule has 1 saturated heterocycles. The summed E-state index contributed by atoms with van der Waals surface area (Å²) in [6.45, 7) is 5.02. The van der Waals surface area contributed by atoms with Crippen LogP contribution in [0.3, 0.4) is 0 Å². The minimum absolute atomic E-state index is 0.00880. The molecule has 2 aromatic carbocycles. The van der Waals surface area contributed by atoms with E-state index in [1.165, 1.54) is 11.1 Å². The molecule has 3 rings (SSSR count). The van der Waals surface area contributed by atoms with Gasteiger partial charge in [0, 0.05) is 36.8 Å². The molecular weight excluding hydrogens is 376 g/mol. The molecule has 5 nitrogen and oxygen atoms in total. The van der Waals surface area contributed by atoms with Gasteiger partial charge in [0.25, 0.3) is 0 Å². The molecule has 0 aromatic heterocycles. The van der Waals surface area contributed by atoms with E-state index in [2.05, 4.69) is 24.0 Å². The van der Waals surface area contributed by atoms with E-state index in [0.717, 1.165) is 11.3 Å². The van der Waals surface area contributed by atoms with Gasteiger partial charge < -0.3 is 20.0 Å². The van der Waals surface area contributed by atoms with Crippen LogP contribution in [0.25, 0.3) is 0 Å². The summed E-state index contributed by atoms with van der Waals surface area (Å²) in [5.41, 5.74) is 4.38. The summed E-state index contributed by atoms with van der Waals surface area (Å²) in [5, 5.41) is 19.5. The summed E-state index contributed by atoms with van der Waals surface area (Å²) in [5.74, 6) is -0.00880. The average molecular weight is 403 g/mol. The molecule has 2 aromatic rings. The molecule has 2 atom stereocenters. The molecule has 1 fully saturated rings. The van der Waals surface area contributed by atoms with Crippen LogP contribution in [0.4, 0.5) is 5.69 Å². The number of halogens is 1. The number of rotatable bonds is 7. The predicted molar refractivity (Wildman–Crippen MR) is 112 cm³/mol. The highest BCUT2D eigenvalue weighted by Crippen LogP contribution is 2.30. The number of aliphatic hydroxyl groups excluding tert-OH is 2. The van der Waals surface area contributed by atoms with Crippen molar-refractivity contribution >= 4 is 23.2 Å². The lowest BCUT2D eigenvalue weighted by molar-refractivity contribution is -0.129. The molecule has 1 amide bonds. The summed E-state index contributed by atoms with van der Waals surface area (Å²) in [6.07, 6.45) is -0.545. The first kappa shape index (κ1) is 20.6. The number of aryl methyl sites for hydroxylation is 2. The zero-order chi connectivity index (χ0) is 20.3. The molecule has 6 heteroatoms. The SMILES string of the molecule is Cc1ccc(N(Cc2ccccc2C)C2CC(=O)N(CC(O)CO)C2)cc1Cl. The van der Waals surface area contributed by atoms with Crippen molar-refractivity contribution in [3.05, 3.63) is 64.2 Å². The molecule has 0 aliphatic carbocycles. The Morgan fingerprint density at radius 3 is 2.64 bits per heavy atom. The Bertz CT molecular complexity index is 842. The maximum absolute atomic E-state index is 12.5. The van der Waals surface area contributed by atoms with Crippen molar-refractivity contribution in [1.82, 2.24) is 4.90 Å². The van der Waals surface area contributed by atoms with Crippen LogP contribution in [0.5, 0.6) is 0 Å². The van der Waals surface area contributed by atoms with Crippen LogP contribution in [0.15, 0.2) is 42.5 Å². The summed E-state index contributed by atoms with van der Waals surface area (Å²) in [6, 6.07) is 14.2. The van der Waals surface area contributed by atoms with Gasteiger partial charge in [-0.05, 0) is 42.7 Å². The first-order valence-electron chi connectivity index (χ1n) is 9.53. The van der Waals surface area contributed by atoms with Gasteiger partial charge in [0.15, 0.2) is 0 Å². The number of β-amino-alcohol motifs (C(OH)–C–C–N with tert-alkyl or cyclic N) is 1. The van der Waals surface area contributed by atoms with Crippen LogP contribution in [0.1, 0.15) is 23.1 Å². The maximum Gasteiger partial charge on any atom is 0.224 e. The zero-order valence-corrected chi connectivity index (χ0v) is 17.1. The van der Waals surface area contributed by atoms with Crippen LogP contribution < -0.4 is 4.90 Å². The molecular formula is C22H27ClN2O3. The zero-order valence-electron chi connectivity index (χ0n) is 16.3. The summed E-state index contributed by atoms with van der Waals surface area (Å²) in [7, 11) is 0. The van der Waals surface area contributed by atoms with Crippen LogP contribution >= 0.6 is 11.6 Å². The van der Waals surface area contributed by atoms with Crippen LogP contribution in [0, 0.1) is 13.8 Å². The molecule has 28 heavy (non-hydrogen) atoms. The second-order valence-corrected chi connectivity index (χ2v) is 7.89. The predicted octanol–water partition coefficient (Wildman–Crippen LogP) is 2.92. The van der Waals surface area contributed by atoms with E-state index >= 15 is 0 Å². The highest BCUT2D eigenvalue weighted by atomic mass is 35.5. The topological polar surface area (TPSA) is 64.0 Å². The van der Waals surface area contributed by atoms with Gasteiger partial charge in [0.1, 0.15) is 0 Å². The number of anilines is 1. The fraction of sp³-hybridized carbons (Fsp3) is 0.409. The van der Waals surface area contributed by atoms with Gasteiger partial charge in [0.2, 0.25) is 5.91 Å². The molecule has 1 heterocycles. The molecule has 1 aliphatic rings. The Kier molecular flexibility index (Phi) is 6.60. The first-order chi connectivity index (χ1) is 13.4. The number of benzene rings is 2. The van der Waals surface area contributed by atoms with E-state index in [-0.39, 0.29) is 25.1 Å². The third kappa shape index (κ3) is 4.66. The Hall–Kier alpha value is -2.08. The number of carbonyl (C=O) groups excluding carboxylic acids is 1. The number of hydrogen-bond acceptors (Lipinski definition) is 4. The lowest BCUT2D eigenvalue weighted by atomic mass is 10.1. The number of aliphatic hydroxyl groups is 2. The Morgan fingerprint density at radius 1 is 1.21 bits per heavy atom. The van der Waals surface area contributed by atoms with E-state index in [4.69, 9.17) is 16.7 Å². The van der Waals surface area contributed by atoms with Gasteiger partial charge >= 0.3 is 0 Å². The third-order valence-corrected chi connectivity index (χ3v) is 5.77. The Morgan fingerprint density at radius 2 is 1.96 bits per heavy atom. The smallest absolute Gasteiger partial charge is 0.224 e. The third-order valence-electron chi connectivity index (χ3n) is 5.37. The number of amides is 1. The lowest BCUT2D eigenvalue weighted by Gasteiger charge is -2.32. The minimum Gasteiger partial charge on any atom is -0.394 e. The fourth-order valence-corrected chi connectivity index (χ4v) is 3.79. The highest BCUT2D eigenvalue weighted by Gasteiger charge is 2.34. The van der Waals surface area contributed by atoms with Gasteiger partial charge in [-0.25, -0.2) is 0 Å². The molecule has 0 saturated carbocycles. The van der Waals surface area contributed by atoms with E-state index in [1.807, 2.05) is 37.3 Å². The fourth-order valence-electron chi connectivity index (χ4n) is 3.61. The standard InChI is InChI=1S/C22H27ClN2O3/c1-15-5-3-4-6-17(15)11-25(18-8-7-16(2)21(23)9-18)19-10-22(28)24(12-19)13-20(27)14-26/h3-9,19-20,26-27H,10-14H2,1-2H3. The number of nitrogens with zero attached hydrogens (tertiary/aromatic N) is 2. The van der Waals surface area contributed by atoms with Crippen molar-refractivity contribution in [2.24, 2.45) is 0 Å². The van der Waals surface area contributed by atoms with Gasteiger partial charge in [-0.15, -0.1) is 0 Å². The minimum atomic E-state index is -0.915. The highest BCUT2D eigenvalue weighted by molar-refractivity contribution is 6.31. The molecule has 2 unspecified atom stereocenters. The molecule has 1 aliphatic heterocycles. The Labute approximate surface area is 171 Å². The van der Waals surface area contributed by atoms with Gasteiger partial charge in [0.05, 0.1) is 18.8 Å². The maximum atomic E-state index is 12.5. The van der Waals surface area contributed by atoms with E-state index in [9.17, 15) is 9.90 Å². The van der Waals surface area contributed by atoms with Crippen LogP contribution in [0.2, 0.25) is 5.02 Å². The van der Waals surface area contributed by atoms with E-state index in [1.54, 1.807) is 4.90 Å². The molecule has 2 N–H and O–H groups in total. The average Bonchev–Trinajstić information content (AvgIpc) is 3.03. The van der Waals surface area contributed by atoms with E-state index < -0.39 is 6.10 Å². The second-order valence-electron chi connectivity index (χ2n) is 7.48. The summed E-state index contributed by atoms with van der Waals surface area (Å²) >= 11 is 6.38. The molecule has 0 spiro atoms. The first-order valence-corrected chi connectivity index (χ1v) is 9.91. The van der Waals surface area contributed by atoms with Crippen molar-refractivity contribution in [3.8, 4) is 0 Å². The monoisotopic (exact) mass is 402 g/mol. The molecule has 0 radical (unpaired) electrons. The van der Waals surface area contributed by atoms with Gasteiger partial charge in [-0.3, -0.25) is 4.79 Å². The number of hydrogen-bond donors (Lipinski definition) is 2. The Balaban J connectivity index is 1.89. The van der Waals surface area contributed by atoms with Crippen molar-refractivity contribution in [2.75, 3.05) is 24.6 Å². The van der Waals surface area contributed by atoms with Gasteiger partial charge in [-0.2, -0.15) is 0 Å². The summed E-state index contributed by atoms with van der Waals surface area (Å²) in [4.78, 5) is 16.3. The largest absolute Gasteiger partial charge is 0.394 e. The van der Waals surface area contributed by atoms with Crippen LogP contribution in [-0.4, -0.2) is 52.9 Å². The number of carbonyl (C=O) groups is 1.